The molecule has 0 aromatic carbocycles. The Morgan fingerprint density at radius 2 is 1.50 bits per heavy atom. The molecule has 0 radical (unpaired) electrons. The standard InChI is InChI=1S/O3.O2S/c2*1-3-2. The van der Waals surface area contributed by atoms with E-state index in [0.717, 1.165) is 0 Å². The summed E-state index contributed by atoms with van der Waals surface area (Å²) in [5, 5.41) is 7.88. The summed E-state index contributed by atoms with van der Waals surface area (Å²) in [6.07, 6.45) is 0. The van der Waals surface area contributed by atoms with E-state index in [0.29, 0.717) is 0 Å². The number of hydrogen-bond donors (Lipinski definition) is 0. The Labute approximate surface area is 36.0 Å². The minimum atomic E-state index is -0.750. The van der Waals surface area contributed by atoms with Crippen LogP contribution in [0.2, 0.25) is 0 Å². The molecule has 0 amide bonds. The molecular weight excluding hydrogens is 112 g/mol. The van der Waals surface area contributed by atoms with Crippen molar-refractivity contribution in [3.05, 3.63) is 9.71 Å². The van der Waals surface area contributed by atoms with Crippen molar-refractivity contribution in [3.8, 4) is 0 Å². The summed E-state index contributed by atoms with van der Waals surface area (Å²) in [6.45, 7) is 0. The largest absolute Gasteiger partial charge is 0.335 e. The molecule has 5 nitrogen and oxygen atoms in total. The Kier molecular flexibility index (Phi) is 43.9. The Hall–Kier alpha value is -0.780. The lowest BCUT2D eigenvalue weighted by Gasteiger charge is -1.19. The van der Waals surface area contributed by atoms with Gasteiger partial charge in [0, 0.05) is 0 Å². The van der Waals surface area contributed by atoms with Crippen molar-refractivity contribution in [2.75, 3.05) is 0 Å². The molecule has 0 aliphatic carbocycles. The molecule has 6 heavy (non-hydrogen) atoms. The van der Waals surface area contributed by atoms with Crippen LogP contribution in [0.25, 0.3) is 0 Å². The van der Waals surface area contributed by atoms with Gasteiger partial charge in [0.25, 0.3) is 0 Å². The summed E-state index contributed by atoms with van der Waals surface area (Å²) in [6, 6.07) is 0. The van der Waals surface area contributed by atoms with Crippen LogP contribution in [0.15, 0.2) is 0 Å². The van der Waals surface area contributed by atoms with Crippen LogP contribution in [0.3, 0.4) is 0 Å². The lowest BCUT2D eigenvalue weighted by Crippen LogP contribution is -1.82. The van der Waals surface area contributed by atoms with E-state index < -0.39 is 11.6 Å². The third kappa shape index (κ3) is 26.1. The highest BCUT2D eigenvalue weighted by molar-refractivity contribution is 7.51. The fourth-order valence-corrected chi connectivity index (χ4v) is 0. The molecule has 0 spiro atoms. The van der Waals surface area contributed by atoms with E-state index >= 15 is 0 Å². The molecule has 0 saturated heterocycles. The lowest BCUT2D eigenvalue weighted by atomic mass is 14.8. The monoisotopic (exact) mass is 112 g/mol. The van der Waals surface area contributed by atoms with E-state index in [1.807, 2.05) is 0 Å². The van der Waals surface area contributed by atoms with Gasteiger partial charge < -0.3 is 0 Å². The van der Waals surface area contributed by atoms with Gasteiger partial charge in [-0.3, -0.25) is 0 Å². The Morgan fingerprint density at radius 1 is 1.50 bits per heavy atom. The molecule has 0 aromatic heterocycles. The minimum Gasteiger partial charge on any atom is -0.168 e. The van der Waals surface area contributed by atoms with E-state index in [4.69, 9.17) is 18.6 Å². The first kappa shape index (κ1) is 8.97. The molecule has 0 bridgehead atoms. The predicted octanol–water partition coefficient (Wildman–Crippen LogP) is -1.79. The van der Waals surface area contributed by atoms with Crippen molar-refractivity contribution in [3.63, 3.8) is 0 Å². The highest BCUT2D eigenvalue weighted by atomic mass is 32.1. The topological polar surface area (TPSA) is 85.6 Å². The molecule has 0 rings (SSSR count). The first-order valence-corrected chi connectivity index (χ1v) is 1.33. The van der Waals surface area contributed by atoms with Gasteiger partial charge in [-0.2, -0.15) is 8.42 Å². The normalized spacial score (nSPS) is 4.00. The summed E-state index contributed by atoms with van der Waals surface area (Å²) in [5.41, 5.74) is 0. The second kappa shape index (κ2) is 29.4. The zero-order chi connectivity index (χ0) is 5.41. The average molecular weight is 112 g/mol. The molecule has 0 N–H and O–H groups in total. The highest BCUT2D eigenvalue weighted by Crippen LogP contribution is 1.00. The molecule has 0 fully saturated rings. The van der Waals surface area contributed by atoms with Crippen molar-refractivity contribution in [1.29, 1.82) is 0 Å². The Morgan fingerprint density at radius 3 is 1.50 bits per heavy atom. The van der Waals surface area contributed by atoms with Gasteiger partial charge in [0.15, 0.2) is 4.75 Å². The van der Waals surface area contributed by atoms with Gasteiger partial charge in [-0.05, 0) is 0 Å². The molecular formula is O5S. The fraction of sp³-hybridized carbons (Fsp3) is 0. The van der Waals surface area contributed by atoms with E-state index in [2.05, 4.69) is 0 Å². The number of hydrogen-bond acceptors (Lipinski definition) is 4. The molecule has 6 heteroatoms. The molecule has 36 valence electrons. The maximum atomic E-state index is 8.29. The SMILES string of the molecule is O=S=O.O=[O+][O-]. The van der Waals surface area contributed by atoms with E-state index in [9.17, 15) is 0 Å². The summed E-state index contributed by atoms with van der Waals surface area (Å²) in [7, 11) is 0. The van der Waals surface area contributed by atoms with Gasteiger partial charge in [0.1, 0.15) is 0 Å². The fourth-order valence-electron chi connectivity index (χ4n) is 0. The van der Waals surface area contributed by atoms with Crippen LogP contribution in [0.4, 0.5) is 0 Å². The zero-order valence-corrected chi connectivity index (χ0v) is 3.27. The van der Waals surface area contributed by atoms with E-state index in [1.165, 1.54) is 0 Å². The minimum absolute atomic E-state index is 0.750. The smallest absolute Gasteiger partial charge is 0.168 e. The maximum Gasteiger partial charge on any atom is 0.335 e. The van der Waals surface area contributed by atoms with E-state index in [1.54, 1.807) is 4.75 Å². The summed E-state index contributed by atoms with van der Waals surface area (Å²) >= 11 is -0.750. The highest BCUT2D eigenvalue weighted by Gasteiger charge is 1.27. The van der Waals surface area contributed by atoms with Crippen molar-refractivity contribution in [1.82, 2.24) is 0 Å². The van der Waals surface area contributed by atoms with Crippen LogP contribution >= 0.6 is 0 Å². The van der Waals surface area contributed by atoms with Crippen molar-refractivity contribution in [2.24, 2.45) is 0 Å². The van der Waals surface area contributed by atoms with E-state index in [-0.39, 0.29) is 0 Å². The second-order valence-corrected chi connectivity index (χ2v) is 0.272. The summed E-state index contributed by atoms with van der Waals surface area (Å²) in [5.74, 6) is 0. The average Bonchev–Trinajstić information content (AvgIpc) is 1.39. The van der Waals surface area contributed by atoms with Crippen molar-refractivity contribution < 1.29 is 13.7 Å². The van der Waals surface area contributed by atoms with Crippen LogP contribution in [0.1, 0.15) is 0 Å². The van der Waals surface area contributed by atoms with Crippen molar-refractivity contribution >= 4 is 11.6 Å². The summed E-state index contributed by atoms with van der Waals surface area (Å²) in [4.78, 5) is 7.88. The van der Waals surface area contributed by atoms with Gasteiger partial charge in [-0.1, -0.05) is 10.2 Å². The molecule has 0 unspecified atom stereocenters. The van der Waals surface area contributed by atoms with Gasteiger partial charge in [-0.25, -0.2) is 0 Å². The predicted molar refractivity (Wildman–Crippen MR) is 15.7 cm³/mol. The van der Waals surface area contributed by atoms with Crippen LogP contribution in [0, 0.1) is 9.71 Å². The van der Waals surface area contributed by atoms with Crippen LogP contribution in [-0.2, 0) is 11.6 Å². The van der Waals surface area contributed by atoms with Gasteiger partial charge in [0.2, 0.25) is 0 Å². The van der Waals surface area contributed by atoms with Crippen molar-refractivity contribution in [2.45, 2.75) is 0 Å². The molecule has 0 atom stereocenters. The molecule has 0 aliphatic rings. The van der Waals surface area contributed by atoms with Gasteiger partial charge in [-0.15, -0.1) is 0 Å². The molecule has 0 aromatic rings. The van der Waals surface area contributed by atoms with Gasteiger partial charge in [0.05, 0.1) is 0 Å². The number of rotatable bonds is 0. The first-order chi connectivity index (χ1) is 2.83. The van der Waals surface area contributed by atoms with Crippen LogP contribution in [-0.4, -0.2) is 8.42 Å². The van der Waals surface area contributed by atoms with Gasteiger partial charge >= 0.3 is 11.6 Å². The quantitative estimate of drug-likeness (QED) is 0.210. The van der Waals surface area contributed by atoms with Crippen LogP contribution in [0.5, 0.6) is 0 Å². The third-order valence-electron chi connectivity index (χ3n) is 0. The summed E-state index contributed by atoms with van der Waals surface area (Å²) < 4.78 is 18.3. The Balaban J connectivity index is 0. The molecule has 0 aliphatic heterocycles. The lowest BCUT2D eigenvalue weighted by molar-refractivity contribution is -0.284. The second-order valence-electron chi connectivity index (χ2n) is 0.136. The van der Waals surface area contributed by atoms with Crippen LogP contribution < -0.4 is 5.26 Å². The molecule has 0 saturated carbocycles. The maximum absolute atomic E-state index is 8.29. The third-order valence-corrected chi connectivity index (χ3v) is 0. The zero-order valence-electron chi connectivity index (χ0n) is 2.45. The Bertz CT molecular complexity index is 49.0. The first-order valence-electron chi connectivity index (χ1n) is 0.667. The molecule has 0 heterocycles.